The number of carbonyl (C=O) groups is 5. The van der Waals surface area contributed by atoms with Crippen LogP contribution in [0.4, 0.5) is 4.79 Å². The molecule has 3 amide bonds. The molecule has 4 aliphatic rings. The first-order chi connectivity index (χ1) is 19.4. The van der Waals surface area contributed by atoms with Gasteiger partial charge < -0.3 is 20.7 Å². The van der Waals surface area contributed by atoms with Crippen LogP contribution < -0.4 is 11.1 Å². The van der Waals surface area contributed by atoms with Gasteiger partial charge in [0.15, 0.2) is 5.78 Å². The molecule has 0 spiro atoms. The number of fused-ring (bicyclic) bond motifs is 2. The Kier molecular flexibility index (Phi) is 8.01. The van der Waals surface area contributed by atoms with E-state index in [9.17, 15) is 24.0 Å². The van der Waals surface area contributed by atoms with Crippen LogP contribution >= 0.6 is 0 Å². The number of piperidine rings is 1. The van der Waals surface area contributed by atoms with Gasteiger partial charge in [-0.3, -0.25) is 19.2 Å². The zero-order valence-electron chi connectivity index (χ0n) is 24.6. The Balaban J connectivity index is 1.38. The summed E-state index contributed by atoms with van der Waals surface area (Å²) in [6.45, 7) is 8.75. The molecule has 0 radical (unpaired) electrons. The fourth-order valence-corrected chi connectivity index (χ4v) is 7.29. The first-order valence-corrected chi connectivity index (χ1v) is 15.0. The molecule has 222 valence electrons. The molecule has 1 saturated heterocycles. The lowest BCUT2D eigenvalue weighted by atomic mass is 9.86. The van der Waals surface area contributed by atoms with Gasteiger partial charge >= 0.3 is 6.09 Å². The van der Waals surface area contributed by atoms with E-state index in [0.717, 1.165) is 24.0 Å². The average Bonchev–Trinajstić information content (AvgIpc) is 3.67. The van der Waals surface area contributed by atoms with Crippen molar-refractivity contribution in [2.75, 3.05) is 13.2 Å². The van der Waals surface area contributed by atoms with Crippen LogP contribution in [-0.2, 0) is 36.8 Å². The largest absolute Gasteiger partial charge is 0.449 e. The summed E-state index contributed by atoms with van der Waals surface area (Å²) < 4.78 is 5.40. The monoisotopic (exact) mass is 565 g/mol. The minimum absolute atomic E-state index is 0.0291. The number of hydrogen-bond donors (Lipinski definition) is 2. The van der Waals surface area contributed by atoms with Gasteiger partial charge in [-0.05, 0) is 65.4 Å². The SMILES string of the molecule is CC(C)COC(=O)N[C@H](C(=O)N1C[C@H]2[C@@H]([C@H]1C(=O)CC(CC1CC1)C(=O)C(N)=O)C2(C)C)C1Cc2ccccc2C1. The molecule has 1 aliphatic heterocycles. The minimum atomic E-state index is -1.02. The Morgan fingerprint density at radius 2 is 1.71 bits per heavy atom. The van der Waals surface area contributed by atoms with E-state index >= 15 is 0 Å². The number of carbonyl (C=O) groups excluding carboxylic acids is 5. The second-order valence-electron chi connectivity index (χ2n) is 13.7. The van der Waals surface area contributed by atoms with Gasteiger partial charge in [0.2, 0.25) is 11.7 Å². The highest BCUT2D eigenvalue weighted by Crippen LogP contribution is 2.65. The van der Waals surface area contributed by atoms with Gasteiger partial charge in [-0.2, -0.15) is 0 Å². The van der Waals surface area contributed by atoms with E-state index in [0.29, 0.717) is 31.7 Å². The maximum absolute atomic E-state index is 14.3. The Labute approximate surface area is 241 Å². The van der Waals surface area contributed by atoms with Crippen LogP contribution in [0.25, 0.3) is 0 Å². The predicted molar refractivity (Wildman–Crippen MR) is 151 cm³/mol. The minimum Gasteiger partial charge on any atom is -0.449 e. The topological polar surface area (TPSA) is 136 Å². The van der Waals surface area contributed by atoms with Gasteiger partial charge in [0.1, 0.15) is 6.04 Å². The molecule has 3 fully saturated rings. The van der Waals surface area contributed by atoms with E-state index < -0.39 is 35.8 Å². The van der Waals surface area contributed by atoms with Gasteiger partial charge in [0.05, 0.1) is 12.6 Å². The Bertz CT molecular complexity index is 1210. The highest BCUT2D eigenvalue weighted by molar-refractivity contribution is 6.36. The zero-order valence-corrected chi connectivity index (χ0v) is 24.6. The normalized spacial score (nSPS) is 25.7. The molecule has 2 saturated carbocycles. The molecule has 9 nitrogen and oxygen atoms in total. The predicted octanol–water partition coefficient (Wildman–Crippen LogP) is 3.07. The smallest absolute Gasteiger partial charge is 0.407 e. The van der Waals surface area contributed by atoms with E-state index in [4.69, 9.17) is 10.5 Å². The molecule has 5 rings (SSSR count). The number of likely N-dealkylation sites (tertiary alicyclic amines) is 1. The molecule has 0 aromatic heterocycles. The number of nitrogens with two attached hydrogens (primary N) is 1. The van der Waals surface area contributed by atoms with Crippen molar-refractivity contribution >= 4 is 29.5 Å². The lowest BCUT2D eigenvalue weighted by Crippen LogP contribution is -2.56. The molecule has 1 aromatic rings. The number of primary amides is 1. The van der Waals surface area contributed by atoms with Gasteiger partial charge in [-0.25, -0.2) is 4.79 Å². The molecule has 5 atom stereocenters. The highest BCUT2D eigenvalue weighted by atomic mass is 16.5. The fourth-order valence-electron chi connectivity index (χ4n) is 7.29. The Morgan fingerprint density at radius 3 is 2.27 bits per heavy atom. The summed E-state index contributed by atoms with van der Waals surface area (Å²) in [5, 5.41) is 2.87. The van der Waals surface area contributed by atoms with Crippen LogP contribution in [0.2, 0.25) is 0 Å². The summed E-state index contributed by atoms with van der Waals surface area (Å²) in [5.74, 6) is -2.54. The molecule has 0 bridgehead atoms. The first-order valence-electron chi connectivity index (χ1n) is 15.0. The van der Waals surface area contributed by atoms with Crippen LogP contribution in [0, 0.1) is 40.9 Å². The highest BCUT2D eigenvalue weighted by Gasteiger charge is 2.69. The molecule has 41 heavy (non-hydrogen) atoms. The van der Waals surface area contributed by atoms with E-state index in [1.807, 2.05) is 38.1 Å². The van der Waals surface area contributed by atoms with Crippen molar-refractivity contribution < 1.29 is 28.7 Å². The fraction of sp³-hybridized carbons (Fsp3) is 0.656. The molecule has 1 heterocycles. The number of nitrogens with zero attached hydrogens (tertiary/aromatic N) is 1. The van der Waals surface area contributed by atoms with Gasteiger partial charge in [-0.15, -0.1) is 0 Å². The van der Waals surface area contributed by atoms with Crippen LogP contribution in [0.1, 0.15) is 64.5 Å². The van der Waals surface area contributed by atoms with E-state index in [1.165, 1.54) is 0 Å². The Hall–Kier alpha value is -3.23. The van der Waals surface area contributed by atoms with Crippen LogP contribution in [0.15, 0.2) is 24.3 Å². The molecule has 1 aromatic carbocycles. The third-order valence-electron chi connectivity index (χ3n) is 9.84. The van der Waals surface area contributed by atoms with Crippen LogP contribution in [0.3, 0.4) is 0 Å². The third-order valence-corrected chi connectivity index (χ3v) is 9.84. The van der Waals surface area contributed by atoms with E-state index in [-0.39, 0.29) is 53.8 Å². The standard InChI is InChI=1S/C32H43N3O6/c1-17(2)16-41-31(40)34-26(21-12-19-7-5-6-8-20(19)13-21)30(39)35-15-23-25(32(23,3)4)27(35)24(36)14-22(11-18-9-10-18)28(37)29(33)38/h5-8,17-18,21-23,25-27H,9-16H2,1-4H3,(H2,33,38)(H,34,40)/t22?,23-,25-,26-,27+/m0/s1. The second-order valence-corrected chi connectivity index (χ2v) is 13.7. The van der Waals surface area contributed by atoms with Crippen molar-refractivity contribution in [3.05, 3.63) is 35.4 Å². The quantitative estimate of drug-likeness (QED) is 0.374. The Morgan fingerprint density at radius 1 is 1.07 bits per heavy atom. The lowest BCUT2D eigenvalue weighted by molar-refractivity contribution is -0.144. The van der Waals surface area contributed by atoms with Gasteiger partial charge in [-0.1, -0.05) is 64.8 Å². The maximum atomic E-state index is 14.3. The number of ether oxygens (including phenoxy) is 1. The molecular weight excluding hydrogens is 522 g/mol. The van der Waals surface area contributed by atoms with E-state index in [2.05, 4.69) is 19.2 Å². The molecule has 9 heteroatoms. The summed E-state index contributed by atoms with van der Waals surface area (Å²) in [6, 6.07) is 6.47. The van der Waals surface area contributed by atoms with E-state index in [1.54, 1.807) is 4.90 Å². The van der Waals surface area contributed by atoms with Crippen molar-refractivity contribution in [1.29, 1.82) is 0 Å². The number of Topliss-reactive ketones (excluding diaryl/α,β-unsaturated/α-hetero) is 2. The van der Waals surface area contributed by atoms with Crippen molar-refractivity contribution in [3.8, 4) is 0 Å². The van der Waals surface area contributed by atoms with Crippen molar-refractivity contribution in [2.24, 2.45) is 46.7 Å². The first kappa shape index (κ1) is 29.3. The summed E-state index contributed by atoms with van der Waals surface area (Å²) in [6.07, 6.45) is 2.96. The number of rotatable bonds is 12. The van der Waals surface area contributed by atoms with Crippen molar-refractivity contribution in [3.63, 3.8) is 0 Å². The number of nitrogens with one attached hydrogen (secondary N) is 1. The molecular formula is C32H43N3O6. The lowest BCUT2D eigenvalue weighted by Gasteiger charge is -2.35. The third kappa shape index (κ3) is 6.04. The molecule has 3 N–H and O–H groups in total. The van der Waals surface area contributed by atoms with Crippen LogP contribution in [-0.4, -0.2) is 59.6 Å². The summed E-state index contributed by atoms with van der Waals surface area (Å²) >= 11 is 0. The number of benzene rings is 1. The van der Waals surface area contributed by atoms with Crippen molar-refractivity contribution in [2.45, 2.75) is 78.3 Å². The maximum Gasteiger partial charge on any atom is 0.407 e. The van der Waals surface area contributed by atoms with Gasteiger partial charge in [0.25, 0.3) is 5.91 Å². The number of hydrogen-bond acceptors (Lipinski definition) is 6. The summed E-state index contributed by atoms with van der Waals surface area (Å²) in [5.41, 5.74) is 7.53. The molecule has 1 unspecified atom stereocenters. The number of amides is 3. The molecule has 3 aliphatic carbocycles. The van der Waals surface area contributed by atoms with Crippen molar-refractivity contribution in [1.82, 2.24) is 10.2 Å². The van der Waals surface area contributed by atoms with Crippen LogP contribution in [0.5, 0.6) is 0 Å². The van der Waals surface area contributed by atoms with Gasteiger partial charge in [0, 0.05) is 18.9 Å². The number of alkyl carbamates (subject to hydrolysis) is 1. The zero-order chi connectivity index (χ0) is 29.6. The second kappa shape index (κ2) is 11.2. The number of ketones is 2. The summed E-state index contributed by atoms with van der Waals surface area (Å²) in [7, 11) is 0. The summed E-state index contributed by atoms with van der Waals surface area (Å²) in [4.78, 5) is 67.2. The average molecular weight is 566 g/mol.